The minimum Gasteiger partial charge on any atom is -0.465 e. The lowest BCUT2D eigenvalue weighted by atomic mass is 10.2. The zero-order valence-corrected chi connectivity index (χ0v) is 7.90. The molecule has 0 radical (unpaired) electrons. The molecule has 0 aliphatic heterocycles. The van der Waals surface area contributed by atoms with Gasteiger partial charge in [0.1, 0.15) is 16.8 Å². The number of aromatic nitrogens is 1. The molecule has 72 valence electrons. The number of furan rings is 1. The van der Waals surface area contributed by atoms with Gasteiger partial charge in [-0.1, -0.05) is 0 Å². The van der Waals surface area contributed by atoms with Crippen LogP contribution < -0.4 is 0 Å². The van der Waals surface area contributed by atoms with Crippen molar-refractivity contribution in [2.75, 3.05) is 7.11 Å². The first-order chi connectivity index (χ1) is 6.72. The van der Waals surface area contributed by atoms with Crippen LogP contribution in [0.3, 0.4) is 0 Å². The maximum absolute atomic E-state index is 11.3. The molecule has 2 rings (SSSR count). The van der Waals surface area contributed by atoms with Gasteiger partial charge >= 0.3 is 5.97 Å². The Bertz CT molecular complexity index is 487. The number of hydrogen-bond donors (Lipinski definition) is 0. The lowest BCUT2D eigenvalue weighted by molar-refractivity contribution is 0.0601. The largest absolute Gasteiger partial charge is 0.465 e. The van der Waals surface area contributed by atoms with Gasteiger partial charge in [-0.3, -0.25) is 4.98 Å². The molecule has 0 saturated carbocycles. The molecule has 4 heteroatoms. The maximum atomic E-state index is 11.3. The van der Waals surface area contributed by atoms with Gasteiger partial charge in [-0.25, -0.2) is 4.79 Å². The number of fused-ring (bicyclic) bond motifs is 1. The van der Waals surface area contributed by atoms with E-state index in [1.54, 1.807) is 18.3 Å². The Morgan fingerprint density at radius 1 is 1.57 bits per heavy atom. The number of pyridine rings is 1. The number of esters is 1. The van der Waals surface area contributed by atoms with Crippen LogP contribution in [0.5, 0.6) is 0 Å². The minimum absolute atomic E-state index is 0.408. The molecule has 0 aliphatic carbocycles. The van der Waals surface area contributed by atoms with Gasteiger partial charge in [-0.2, -0.15) is 0 Å². The highest BCUT2D eigenvalue weighted by atomic mass is 16.5. The predicted octanol–water partition coefficient (Wildman–Crippen LogP) is 1.92. The second-order valence-electron chi connectivity index (χ2n) is 2.92. The van der Waals surface area contributed by atoms with E-state index in [0.29, 0.717) is 16.7 Å². The van der Waals surface area contributed by atoms with Crippen molar-refractivity contribution >= 4 is 17.1 Å². The normalized spacial score (nSPS) is 10.4. The Morgan fingerprint density at radius 3 is 3.07 bits per heavy atom. The molecule has 2 aromatic heterocycles. The highest BCUT2D eigenvalue weighted by molar-refractivity contribution is 6.00. The molecule has 0 aliphatic rings. The molecule has 0 spiro atoms. The molecule has 0 amide bonds. The van der Waals surface area contributed by atoms with E-state index in [1.807, 2.05) is 6.92 Å². The maximum Gasteiger partial charge on any atom is 0.341 e. The van der Waals surface area contributed by atoms with Gasteiger partial charge in [0.25, 0.3) is 0 Å². The lowest BCUT2D eigenvalue weighted by Crippen LogP contribution is -2.01. The molecule has 4 nitrogen and oxygen atoms in total. The average molecular weight is 191 g/mol. The highest BCUT2D eigenvalue weighted by Crippen LogP contribution is 2.20. The quantitative estimate of drug-likeness (QED) is 0.646. The molecule has 0 fully saturated rings. The summed E-state index contributed by atoms with van der Waals surface area (Å²) in [6.45, 7) is 1.81. The van der Waals surface area contributed by atoms with Crippen LogP contribution in [0.2, 0.25) is 0 Å². The number of nitrogens with zero attached hydrogens (tertiary/aromatic N) is 1. The van der Waals surface area contributed by atoms with E-state index in [2.05, 4.69) is 9.72 Å². The minimum atomic E-state index is -0.410. The number of methoxy groups -OCH3 is 1. The fourth-order valence-corrected chi connectivity index (χ4v) is 1.33. The number of hydrogen-bond acceptors (Lipinski definition) is 4. The van der Waals surface area contributed by atoms with E-state index < -0.39 is 5.97 Å². The molecule has 0 unspecified atom stereocenters. The van der Waals surface area contributed by atoms with Gasteiger partial charge in [-0.15, -0.1) is 0 Å². The van der Waals surface area contributed by atoms with E-state index >= 15 is 0 Å². The molecule has 0 atom stereocenters. The fraction of sp³-hybridized carbons (Fsp3) is 0.200. The monoisotopic (exact) mass is 191 g/mol. The summed E-state index contributed by atoms with van der Waals surface area (Å²) < 4.78 is 9.99. The third kappa shape index (κ3) is 1.25. The zero-order valence-electron chi connectivity index (χ0n) is 7.90. The first-order valence-corrected chi connectivity index (χ1v) is 4.16. The van der Waals surface area contributed by atoms with Crippen LogP contribution in [0.4, 0.5) is 0 Å². The molecule has 0 N–H and O–H groups in total. The SMILES string of the molecule is COC(=O)c1ccnc2cc(C)oc12. The Hall–Kier alpha value is -1.84. The van der Waals surface area contributed by atoms with E-state index in [0.717, 1.165) is 5.76 Å². The highest BCUT2D eigenvalue weighted by Gasteiger charge is 2.13. The van der Waals surface area contributed by atoms with Crippen LogP contribution in [-0.4, -0.2) is 18.1 Å². The summed E-state index contributed by atoms with van der Waals surface area (Å²) in [7, 11) is 1.34. The van der Waals surface area contributed by atoms with Gasteiger partial charge in [0.15, 0.2) is 5.58 Å². The molecule has 0 bridgehead atoms. The van der Waals surface area contributed by atoms with Crippen molar-refractivity contribution in [3.05, 3.63) is 29.7 Å². The summed E-state index contributed by atoms with van der Waals surface area (Å²) in [5, 5.41) is 0. The fourth-order valence-electron chi connectivity index (χ4n) is 1.33. The van der Waals surface area contributed by atoms with Crippen LogP contribution in [0.15, 0.2) is 22.7 Å². The summed E-state index contributed by atoms with van der Waals surface area (Å²) in [5.74, 6) is 0.315. The summed E-state index contributed by atoms with van der Waals surface area (Å²) in [5.41, 5.74) is 1.56. The predicted molar refractivity (Wildman–Crippen MR) is 50.1 cm³/mol. The molecule has 14 heavy (non-hydrogen) atoms. The van der Waals surface area contributed by atoms with Crippen molar-refractivity contribution in [1.29, 1.82) is 0 Å². The third-order valence-electron chi connectivity index (χ3n) is 1.94. The summed E-state index contributed by atoms with van der Waals surface area (Å²) in [4.78, 5) is 15.4. The second-order valence-corrected chi connectivity index (χ2v) is 2.92. The van der Waals surface area contributed by atoms with Crippen molar-refractivity contribution in [2.45, 2.75) is 6.92 Å². The van der Waals surface area contributed by atoms with Crippen LogP contribution in [0, 0.1) is 6.92 Å². The lowest BCUT2D eigenvalue weighted by Gasteiger charge is -1.98. The van der Waals surface area contributed by atoms with Crippen molar-refractivity contribution < 1.29 is 13.9 Å². The molecule has 0 saturated heterocycles. The number of rotatable bonds is 1. The van der Waals surface area contributed by atoms with Crippen LogP contribution in [0.1, 0.15) is 16.1 Å². The van der Waals surface area contributed by atoms with Gasteiger partial charge in [0, 0.05) is 12.3 Å². The van der Waals surface area contributed by atoms with Crippen LogP contribution in [-0.2, 0) is 4.74 Å². The van der Waals surface area contributed by atoms with Gasteiger partial charge in [-0.05, 0) is 13.0 Å². The van der Waals surface area contributed by atoms with Crippen LogP contribution in [0.25, 0.3) is 11.1 Å². The van der Waals surface area contributed by atoms with Crippen LogP contribution >= 0.6 is 0 Å². The molecule has 2 heterocycles. The number of carbonyl (C=O) groups is 1. The zero-order chi connectivity index (χ0) is 10.1. The van der Waals surface area contributed by atoms with E-state index in [9.17, 15) is 4.79 Å². The standard InChI is InChI=1S/C10H9NO3/c1-6-5-8-9(14-6)7(3-4-11-8)10(12)13-2/h3-5H,1-2H3. The summed E-state index contributed by atoms with van der Waals surface area (Å²) in [6, 6.07) is 3.36. The smallest absolute Gasteiger partial charge is 0.341 e. The van der Waals surface area contributed by atoms with Crippen molar-refractivity contribution in [3.63, 3.8) is 0 Å². The average Bonchev–Trinajstić information content (AvgIpc) is 2.56. The molecule has 2 aromatic rings. The molecule has 0 aromatic carbocycles. The summed E-state index contributed by atoms with van der Waals surface area (Å²) in [6.07, 6.45) is 1.56. The van der Waals surface area contributed by atoms with Gasteiger partial charge < -0.3 is 9.15 Å². The van der Waals surface area contributed by atoms with Gasteiger partial charge in [0.05, 0.1) is 7.11 Å². The van der Waals surface area contributed by atoms with E-state index in [-0.39, 0.29) is 0 Å². The van der Waals surface area contributed by atoms with Crippen molar-refractivity contribution in [1.82, 2.24) is 4.98 Å². The molecular weight excluding hydrogens is 182 g/mol. The molecular formula is C10H9NO3. The van der Waals surface area contributed by atoms with E-state index in [4.69, 9.17) is 4.42 Å². The Morgan fingerprint density at radius 2 is 2.36 bits per heavy atom. The number of carbonyl (C=O) groups excluding carboxylic acids is 1. The third-order valence-corrected chi connectivity index (χ3v) is 1.94. The Balaban J connectivity index is 2.70. The number of aryl methyl sites for hydroxylation is 1. The first-order valence-electron chi connectivity index (χ1n) is 4.16. The first kappa shape index (κ1) is 8.74. The topological polar surface area (TPSA) is 52.3 Å². The number of ether oxygens (including phenoxy) is 1. The summed E-state index contributed by atoms with van der Waals surface area (Å²) >= 11 is 0. The second kappa shape index (κ2) is 3.14. The van der Waals surface area contributed by atoms with Crippen molar-refractivity contribution in [3.8, 4) is 0 Å². The Kier molecular flexibility index (Phi) is 1.96. The Labute approximate surface area is 80.5 Å². The van der Waals surface area contributed by atoms with Gasteiger partial charge in [0.2, 0.25) is 0 Å². The van der Waals surface area contributed by atoms with E-state index in [1.165, 1.54) is 7.11 Å². The van der Waals surface area contributed by atoms with Crippen molar-refractivity contribution in [2.24, 2.45) is 0 Å².